The molecule has 2 aromatic carbocycles. The molecule has 5 nitrogen and oxygen atoms in total. The van der Waals surface area contributed by atoms with Gasteiger partial charge in [-0.3, -0.25) is 0 Å². The van der Waals surface area contributed by atoms with Crippen LogP contribution in [0.25, 0.3) is 5.57 Å². The highest BCUT2D eigenvalue weighted by Gasteiger charge is 2.33. The number of amides is 2. The summed E-state index contributed by atoms with van der Waals surface area (Å²) in [4.78, 5) is 16.8. The summed E-state index contributed by atoms with van der Waals surface area (Å²) in [5, 5.41) is 12.8. The Morgan fingerprint density at radius 3 is 2.52 bits per heavy atom. The Balaban J connectivity index is 1.53. The summed E-state index contributed by atoms with van der Waals surface area (Å²) in [7, 11) is -0.495. The maximum Gasteiger partial charge on any atom is 0.376 e. The van der Waals surface area contributed by atoms with Gasteiger partial charge in [0.05, 0.1) is 6.04 Å². The number of halogens is 2. The van der Waals surface area contributed by atoms with E-state index in [0.717, 1.165) is 30.5 Å². The number of carbonyl (C=O) groups is 1. The molecule has 1 saturated heterocycles. The number of rotatable bonds is 4. The highest BCUT2D eigenvalue weighted by molar-refractivity contribution is 6.45. The average molecular weight is 425 g/mol. The highest BCUT2D eigenvalue weighted by Crippen LogP contribution is 2.35. The van der Waals surface area contributed by atoms with Gasteiger partial charge in [-0.05, 0) is 62.1 Å². The van der Waals surface area contributed by atoms with Gasteiger partial charge >= 0.3 is 13.1 Å². The summed E-state index contributed by atoms with van der Waals surface area (Å²) < 4.78 is 28.2. The largest absolute Gasteiger partial charge is 0.437 e. The SMILES string of the molecule is CB(O)N1CCC(NC(=O)N2CC(c3cc(F)ccc3F)=C[C@H]2c2ccccc2)CC1. The third-order valence-electron chi connectivity index (χ3n) is 6.10. The summed E-state index contributed by atoms with van der Waals surface area (Å²) in [6.45, 7) is 3.36. The minimum absolute atomic E-state index is 0.00822. The average Bonchev–Trinajstić information content (AvgIpc) is 3.22. The van der Waals surface area contributed by atoms with E-state index in [1.807, 2.05) is 41.2 Å². The molecule has 0 aliphatic carbocycles. The van der Waals surface area contributed by atoms with Crippen molar-refractivity contribution in [2.24, 2.45) is 0 Å². The predicted molar refractivity (Wildman–Crippen MR) is 117 cm³/mol. The van der Waals surface area contributed by atoms with Crippen LogP contribution >= 0.6 is 0 Å². The van der Waals surface area contributed by atoms with E-state index in [0.29, 0.717) is 18.7 Å². The quantitative estimate of drug-likeness (QED) is 0.735. The van der Waals surface area contributed by atoms with Crippen LogP contribution in [0.15, 0.2) is 54.6 Å². The Kier molecular flexibility index (Phi) is 6.39. The second kappa shape index (κ2) is 9.20. The van der Waals surface area contributed by atoms with Crippen molar-refractivity contribution in [2.45, 2.75) is 31.7 Å². The number of piperidine rings is 1. The van der Waals surface area contributed by atoms with Crippen molar-refractivity contribution in [1.29, 1.82) is 0 Å². The van der Waals surface area contributed by atoms with E-state index in [9.17, 15) is 18.6 Å². The predicted octanol–water partition coefficient (Wildman–Crippen LogP) is 3.69. The summed E-state index contributed by atoms with van der Waals surface area (Å²) in [5.41, 5.74) is 1.68. The Morgan fingerprint density at radius 1 is 1.13 bits per heavy atom. The van der Waals surface area contributed by atoms with Crippen LogP contribution in [0, 0.1) is 11.6 Å². The van der Waals surface area contributed by atoms with Crippen molar-refractivity contribution in [3.8, 4) is 0 Å². The van der Waals surface area contributed by atoms with Gasteiger partial charge in [0, 0.05) is 18.2 Å². The molecule has 0 radical (unpaired) electrons. The van der Waals surface area contributed by atoms with Crippen molar-refractivity contribution >= 4 is 18.7 Å². The summed E-state index contributed by atoms with van der Waals surface area (Å²) >= 11 is 0. The van der Waals surface area contributed by atoms with Crippen LogP contribution in [0.5, 0.6) is 0 Å². The van der Waals surface area contributed by atoms with Gasteiger partial charge in [0.15, 0.2) is 0 Å². The smallest absolute Gasteiger partial charge is 0.376 e. The maximum atomic E-state index is 14.4. The molecule has 162 valence electrons. The molecule has 8 heteroatoms. The fourth-order valence-corrected chi connectivity index (χ4v) is 4.33. The lowest BCUT2D eigenvalue weighted by atomic mass is 9.82. The number of hydrogen-bond donors (Lipinski definition) is 2. The number of urea groups is 1. The lowest BCUT2D eigenvalue weighted by Crippen LogP contribution is -2.51. The molecular weight excluding hydrogens is 399 g/mol. The fraction of sp³-hybridized carbons (Fsp3) is 0.348. The Hall–Kier alpha value is -2.71. The molecule has 2 N–H and O–H groups in total. The first-order valence-corrected chi connectivity index (χ1v) is 10.6. The molecule has 1 atom stereocenters. The van der Waals surface area contributed by atoms with Crippen LogP contribution in [-0.4, -0.2) is 53.5 Å². The molecule has 2 amide bonds. The third kappa shape index (κ3) is 4.80. The number of benzene rings is 2. The molecule has 0 unspecified atom stereocenters. The maximum absolute atomic E-state index is 14.4. The van der Waals surface area contributed by atoms with Crippen molar-refractivity contribution < 1.29 is 18.6 Å². The number of nitrogens with zero attached hydrogens (tertiary/aromatic N) is 2. The van der Waals surface area contributed by atoms with Crippen LogP contribution in [0.3, 0.4) is 0 Å². The standard InChI is InChI=1S/C23H26BF2N3O2/c1-24(31)28-11-9-19(10-12-28)27-23(30)29-15-17(20-14-18(25)7-8-21(20)26)13-22(29)16-5-3-2-4-6-16/h2-8,13-14,19,22,31H,9-12,15H2,1H3,(H,27,30)/t22-/m0/s1. The molecular formula is C23H26BF2N3O2. The van der Waals surface area contributed by atoms with E-state index < -0.39 is 18.7 Å². The van der Waals surface area contributed by atoms with Gasteiger partial charge in [0.1, 0.15) is 11.6 Å². The minimum Gasteiger partial charge on any atom is -0.437 e. The fourth-order valence-electron chi connectivity index (χ4n) is 4.33. The normalized spacial score (nSPS) is 19.9. The number of hydrogen-bond acceptors (Lipinski definition) is 3. The highest BCUT2D eigenvalue weighted by atomic mass is 19.1. The first-order chi connectivity index (χ1) is 14.9. The molecule has 0 saturated carbocycles. The Bertz CT molecular complexity index is 963. The lowest BCUT2D eigenvalue weighted by Gasteiger charge is -2.34. The molecule has 4 rings (SSSR count). The van der Waals surface area contributed by atoms with Gasteiger partial charge in [0.25, 0.3) is 0 Å². The van der Waals surface area contributed by atoms with Crippen LogP contribution in [0.1, 0.15) is 30.0 Å². The Morgan fingerprint density at radius 2 is 1.84 bits per heavy atom. The first kappa shape index (κ1) is 21.5. The molecule has 2 aliphatic rings. The number of nitrogens with one attached hydrogen (secondary N) is 1. The second-order valence-corrected chi connectivity index (χ2v) is 8.19. The van der Waals surface area contributed by atoms with Crippen molar-refractivity contribution in [3.63, 3.8) is 0 Å². The van der Waals surface area contributed by atoms with Gasteiger partial charge in [0.2, 0.25) is 0 Å². The molecule has 2 aliphatic heterocycles. The van der Waals surface area contributed by atoms with Gasteiger partial charge < -0.3 is 20.1 Å². The van der Waals surface area contributed by atoms with Gasteiger partial charge in [-0.15, -0.1) is 0 Å². The summed E-state index contributed by atoms with van der Waals surface area (Å²) in [6.07, 6.45) is 3.33. The monoisotopic (exact) mass is 425 g/mol. The zero-order chi connectivity index (χ0) is 22.0. The van der Waals surface area contributed by atoms with Crippen molar-refractivity contribution in [1.82, 2.24) is 15.0 Å². The second-order valence-electron chi connectivity index (χ2n) is 8.19. The molecule has 0 bridgehead atoms. The first-order valence-electron chi connectivity index (χ1n) is 10.6. The zero-order valence-electron chi connectivity index (χ0n) is 17.5. The van der Waals surface area contributed by atoms with Crippen molar-refractivity contribution in [3.05, 3.63) is 77.4 Å². The van der Waals surface area contributed by atoms with E-state index in [-0.39, 0.29) is 30.2 Å². The van der Waals surface area contributed by atoms with Crippen LogP contribution in [0.2, 0.25) is 6.82 Å². The van der Waals surface area contributed by atoms with E-state index in [4.69, 9.17) is 0 Å². The molecule has 0 spiro atoms. The third-order valence-corrected chi connectivity index (χ3v) is 6.10. The Labute approximate surface area is 181 Å². The molecule has 31 heavy (non-hydrogen) atoms. The lowest BCUT2D eigenvalue weighted by molar-refractivity contribution is 0.185. The minimum atomic E-state index is -0.513. The number of carbonyl (C=O) groups excluding carboxylic acids is 1. The molecule has 0 aromatic heterocycles. The van der Waals surface area contributed by atoms with Crippen LogP contribution in [0.4, 0.5) is 13.6 Å². The van der Waals surface area contributed by atoms with E-state index in [2.05, 4.69) is 5.32 Å². The van der Waals surface area contributed by atoms with Gasteiger partial charge in [-0.25, -0.2) is 13.6 Å². The molecule has 2 aromatic rings. The van der Waals surface area contributed by atoms with E-state index in [1.165, 1.54) is 6.07 Å². The van der Waals surface area contributed by atoms with E-state index in [1.54, 1.807) is 11.7 Å². The van der Waals surface area contributed by atoms with Crippen molar-refractivity contribution in [2.75, 3.05) is 19.6 Å². The molecule has 1 fully saturated rings. The summed E-state index contributed by atoms with van der Waals surface area (Å²) in [6, 6.07) is 12.3. The van der Waals surface area contributed by atoms with Crippen LogP contribution < -0.4 is 5.32 Å². The van der Waals surface area contributed by atoms with Crippen LogP contribution in [-0.2, 0) is 0 Å². The topological polar surface area (TPSA) is 55.8 Å². The summed E-state index contributed by atoms with van der Waals surface area (Å²) in [5.74, 6) is -1.02. The van der Waals surface area contributed by atoms with Gasteiger partial charge in [-0.1, -0.05) is 36.4 Å². The zero-order valence-corrected chi connectivity index (χ0v) is 17.5. The molecule has 2 heterocycles. The van der Waals surface area contributed by atoms with Gasteiger partial charge in [-0.2, -0.15) is 0 Å². The van der Waals surface area contributed by atoms with E-state index >= 15 is 0 Å².